The van der Waals surface area contributed by atoms with E-state index in [0.717, 1.165) is 11.8 Å². The molecule has 148 valence electrons. The molecule has 2 aromatic carbocycles. The number of fused-ring (bicyclic) bond motifs is 1. The van der Waals surface area contributed by atoms with E-state index in [0.29, 0.717) is 48.5 Å². The fourth-order valence-corrected chi connectivity index (χ4v) is 3.52. The van der Waals surface area contributed by atoms with Crippen LogP contribution < -0.4 is 19.7 Å². The lowest BCUT2D eigenvalue weighted by Gasteiger charge is -2.37. The second-order valence-electron chi connectivity index (χ2n) is 6.52. The lowest BCUT2D eigenvalue weighted by atomic mass is 10.1. The van der Waals surface area contributed by atoms with Gasteiger partial charge in [0.05, 0.1) is 5.56 Å². The zero-order chi connectivity index (χ0) is 19.7. The first kappa shape index (κ1) is 18.7. The van der Waals surface area contributed by atoms with Gasteiger partial charge in [-0.3, -0.25) is 0 Å². The number of hydrogen-bond donors (Lipinski definition) is 1. The second-order valence-corrected chi connectivity index (χ2v) is 6.91. The van der Waals surface area contributed by atoms with Gasteiger partial charge in [0, 0.05) is 43.6 Å². The third-order valence-corrected chi connectivity index (χ3v) is 5.09. The van der Waals surface area contributed by atoms with Crippen LogP contribution in [0.1, 0.15) is 5.56 Å². The molecule has 0 atom stereocenters. The quantitative estimate of drug-likeness (QED) is 0.757. The minimum Gasteiger partial charge on any atom is -0.454 e. The highest BCUT2D eigenvalue weighted by molar-refractivity contribution is 7.80. The SMILES string of the molecule is FC(F)(F)c1cccc(N2CCN(C(=S)Nc3ccc4c(c3)OCO4)CC2)c1. The number of halogens is 3. The second kappa shape index (κ2) is 7.38. The van der Waals surface area contributed by atoms with Crippen molar-refractivity contribution in [3.05, 3.63) is 48.0 Å². The monoisotopic (exact) mass is 409 g/mol. The van der Waals surface area contributed by atoms with Crippen LogP contribution in [-0.2, 0) is 6.18 Å². The van der Waals surface area contributed by atoms with E-state index >= 15 is 0 Å². The highest BCUT2D eigenvalue weighted by Gasteiger charge is 2.31. The fourth-order valence-electron chi connectivity index (χ4n) is 3.22. The van der Waals surface area contributed by atoms with Gasteiger partial charge in [-0.1, -0.05) is 6.07 Å². The Hall–Kier alpha value is -2.68. The third kappa shape index (κ3) is 3.94. The average molecular weight is 409 g/mol. The first-order valence-corrected chi connectivity index (χ1v) is 9.19. The van der Waals surface area contributed by atoms with Crippen LogP contribution in [0.2, 0.25) is 0 Å². The van der Waals surface area contributed by atoms with Crippen LogP contribution in [0, 0.1) is 0 Å². The van der Waals surface area contributed by atoms with Crippen LogP contribution in [0.5, 0.6) is 11.5 Å². The molecule has 2 heterocycles. The Kier molecular flexibility index (Phi) is 4.92. The number of anilines is 2. The molecule has 0 bridgehead atoms. The molecule has 1 saturated heterocycles. The highest BCUT2D eigenvalue weighted by Crippen LogP contribution is 2.34. The third-order valence-electron chi connectivity index (χ3n) is 4.73. The first-order valence-electron chi connectivity index (χ1n) is 8.78. The standard InChI is InChI=1S/C19H18F3N3O2S/c20-19(21,22)13-2-1-3-15(10-13)24-6-8-25(9-7-24)18(28)23-14-4-5-16-17(11-14)27-12-26-16/h1-5,10-11H,6-9,12H2,(H,23,28). The number of benzene rings is 2. The van der Waals surface area contributed by atoms with Crippen LogP contribution in [0.3, 0.4) is 0 Å². The lowest BCUT2D eigenvalue weighted by molar-refractivity contribution is -0.137. The number of hydrogen-bond acceptors (Lipinski definition) is 4. The summed E-state index contributed by atoms with van der Waals surface area (Å²) in [7, 11) is 0. The molecule has 0 unspecified atom stereocenters. The number of nitrogens with zero attached hydrogens (tertiary/aromatic N) is 2. The Labute approximate surface area is 165 Å². The number of thiocarbonyl (C=S) groups is 1. The lowest BCUT2D eigenvalue weighted by Crippen LogP contribution is -2.50. The molecular weight excluding hydrogens is 391 g/mol. The molecular formula is C19H18F3N3O2S. The van der Waals surface area contributed by atoms with Gasteiger partial charge >= 0.3 is 6.18 Å². The van der Waals surface area contributed by atoms with E-state index in [1.54, 1.807) is 6.07 Å². The predicted molar refractivity (Wildman–Crippen MR) is 104 cm³/mol. The molecule has 1 fully saturated rings. The normalized spacial score (nSPS) is 16.2. The van der Waals surface area contributed by atoms with Crippen molar-refractivity contribution in [2.45, 2.75) is 6.18 Å². The number of ether oxygens (including phenoxy) is 2. The molecule has 2 aliphatic heterocycles. The minimum absolute atomic E-state index is 0.209. The van der Waals surface area contributed by atoms with Crippen molar-refractivity contribution in [3.63, 3.8) is 0 Å². The molecule has 5 nitrogen and oxygen atoms in total. The van der Waals surface area contributed by atoms with Gasteiger partial charge in [-0.2, -0.15) is 13.2 Å². The zero-order valence-corrected chi connectivity index (χ0v) is 15.6. The van der Waals surface area contributed by atoms with Crippen molar-refractivity contribution in [1.29, 1.82) is 0 Å². The van der Waals surface area contributed by atoms with E-state index in [1.165, 1.54) is 12.1 Å². The van der Waals surface area contributed by atoms with Crippen LogP contribution in [0.4, 0.5) is 24.5 Å². The van der Waals surface area contributed by atoms with Gasteiger partial charge in [-0.15, -0.1) is 0 Å². The summed E-state index contributed by atoms with van der Waals surface area (Å²) in [6, 6.07) is 10.9. The Morgan fingerprint density at radius 1 is 0.964 bits per heavy atom. The van der Waals surface area contributed by atoms with E-state index in [-0.39, 0.29) is 6.79 Å². The summed E-state index contributed by atoms with van der Waals surface area (Å²) < 4.78 is 49.4. The summed E-state index contributed by atoms with van der Waals surface area (Å²) in [5, 5.41) is 3.75. The number of piperazine rings is 1. The summed E-state index contributed by atoms with van der Waals surface area (Å²) in [5.74, 6) is 1.37. The van der Waals surface area contributed by atoms with Crippen molar-refractivity contribution >= 4 is 28.7 Å². The van der Waals surface area contributed by atoms with Gasteiger partial charge in [0.2, 0.25) is 6.79 Å². The number of alkyl halides is 3. The molecule has 0 aliphatic carbocycles. The van der Waals surface area contributed by atoms with Crippen molar-refractivity contribution in [3.8, 4) is 11.5 Å². The van der Waals surface area contributed by atoms with E-state index in [2.05, 4.69) is 5.32 Å². The summed E-state index contributed by atoms with van der Waals surface area (Å²) in [5.41, 5.74) is 0.742. The molecule has 0 saturated carbocycles. The Balaban J connectivity index is 1.36. The molecule has 4 rings (SSSR count). The van der Waals surface area contributed by atoms with E-state index < -0.39 is 11.7 Å². The van der Waals surface area contributed by atoms with Gasteiger partial charge < -0.3 is 24.6 Å². The molecule has 28 heavy (non-hydrogen) atoms. The van der Waals surface area contributed by atoms with E-state index in [4.69, 9.17) is 21.7 Å². The summed E-state index contributed by atoms with van der Waals surface area (Å²) in [6.07, 6.45) is -4.34. The molecule has 1 N–H and O–H groups in total. The summed E-state index contributed by atoms with van der Waals surface area (Å²) in [4.78, 5) is 3.94. The maximum Gasteiger partial charge on any atom is 0.416 e. The van der Waals surface area contributed by atoms with Crippen LogP contribution >= 0.6 is 12.2 Å². The molecule has 2 aliphatic rings. The first-order chi connectivity index (χ1) is 13.4. The van der Waals surface area contributed by atoms with Gasteiger partial charge in [-0.05, 0) is 42.5 Å². The van der Waals surface area contributed by atoms with Gasteiger partial charge in [0.25, 0.3) is 0 Å². The molecule has 9 heteroatoms. The average Bonchev–Trinajstić information content (AvgIpc) is 3.15. The van der Waals surface area contributed by atoms with Crippen molar-refractivity contribution < 1.29 is 22.6 Å². The van der Waals surface area contributed by atoms with E-state index in [1.807, 2.05) is 28.0 Å². The predicted octanol–water partition coefficient (Wildman–Crippen LogP) is 3.95. The summed E-state index contributed by atoms with van der Waals surface area (Å²) in [6.45, 7) is 2.62. The highest BCUT2D eigenvalue weighted by atomic mass is 32.1. The molecule has 0 amide bonds. The maximum atomic E-state index is 12.9. The Bertz CT molecular complexity index is 883. The van der Waals surface area contributed by atoms with E-state index in [9.17, 15) is 13.2 Å². The smallest absolute Gasteiger partial charge is 0.416 e. The van der Waals surface area contributed by atoms with Gasteiger partial charge in [0.1, 0.15) is 0 Å². The van der Waals surface area contributed by atoms with Crippen molar-refractivity contribution in [2.24, 2.45) is 0 Å². The topological polar surface area (TPSA) is 37.0 Å². The summed E-state index contributed by atoms with van der Waals surface area (Å²) >= 11 is 5.48. The van der Waals surface area contributed by atoms with Gasteiger partial charge in [0.15, 0.2) is 16.6 Å². The Morgan fingerprint density at radius 3 is 2.46 bits per heavy atom. The molecule has 2 aromatic rings. The van der Waals surface area contributed by atoms with Crippen LogP contribution in [0.15, 0.2) is 42.5 Å². The largest absolute Gasteiger partial charge is 0.454 e. The minimum atomic E-state index is -4.34. The van der Waals surface area contributed by atoms with Crippen molar-refractivity contribution in [1.82, 2.24) is 4.90 Å². The zero-order valence-electron chi connectivity index (χ0n) is 14.8. The fraction of sp³-hybridized carbons (Fsp3) is 0.316. The van der Waals surface area contributed by atoms with Crippen LogP contribution in [-0.4, -0.2) is 43.0 Å². The Morgan fingerprint density at radius 2 is 1.71 bits per heavy atom. The van der Waals surface area contributed by atoms with Gasteiger partial charge in [-0.25, -0.2) is 0 Å². The number of rotatable bonds is 2. The maximum absolute atomic E-state index is 12.9. The molecule has 0 radical (unpaired) electrons. The van der Waals surface area contributed by atoms with Crippen LogP contribution in [0.25, 0.3) is 0 Å². The molecule has 0 spiro atoms. The molecule has 0 aromatic heterocycles. The number of nitrogens with one attached hydrogen (secondary N) is 1. The van der Waals surface area contributed by atoms with Crippen molar-refractivity contribution in [2.75, 3.05) is 43.2 Å².